The van der Waals surface area contributed by atoms with Gasteiger partial charge in [-0.05, 0) is 33.6 Å². The van der Waals surface area contributed by atoms with E-state index in [0.29, 0.717) is 0 Å². The van der Waals surface area contributed by atoms with E-state index in [0.717, 1.165) is 21.3 Å². The van der Waals surface area contributed by atoms with E-state index < -0.39 is 0 Å². The van der Waals surface area contributed by atoms with E-state index >= 15 is 0 Å². The molecule has 0 unspecified atom stereocenters. The maximum Gasteiger partial charge on any atom is 0.251 e. The number of benzene rings is 2. The Morgan fingerprint density at radius 3 is 2.46 bits per heavy atom. The van der Waals surface area contributed by atoms with Crippen LogP contribution in [-0.2, 0) is 11.3 Å². The first-order chi connectivity index (χ1) is 11.6. The molecule has 3 rings (SSSR count). The first-order valence-electron chi connectivity index (χ1n) is 7.44. The number of para-hydroxylation sites is 1. The molecule has 3 aromatic rings. The van der Waals surface area contributed by atoms with Crippen molar-refractivity contribution in [2.45, 2.75) is 6.54 Å². The van der Waals surface area contributed by atoms with Crippen molar-refractivity contribution < 1.29 is 4.79 Å². The molecule has 0 spiro atoms. The van der Waals surface area contributed by atoms with Gasteiger partial charge in [-0.3, -0.25) is 9.59 Å². The predicted octanol–water partition coefficient (Wildman–Crippen LogP) is 3.92. The van der Waals surface area contributed by atoms with Crippen LogP contribution in [0, 0.1) is 0 Å². The average Bonchev–Trinajstić information content (AvgIpc) is 2.59. The predicted molar refractivity (Wildman–Crippen MR) is 98.9 cm³/mol. The average molecular weight is 383 g/mol. The van der Waals surface area contributed by atoms with Crippen LogP contribution in [0.15, 0.2) is 82.2 Å². The third kappa shape index (κ3) is 3.81. The highest BCUT2D eigenvalue weighted by atomic mass is 79.9. The number of hydrogen-bond donors (Lipinski definition) is 1. The maximum absolute atomic E-state index is 12.3. The number of carbonyl (C=O) groups is 1. The monoisotopic (exact) mass is 382 g/mol. The first-order valence-corrected chi connectivity index (χ1v) is 8.23. The largest absolute Gasteiger partial charge is 0.324 e. The highest BCUT2D eigenvalue weighted by molar-refractivity contribution is 9.10. The third-order valence-electron chi connectivity index (χ3n) is 3.55. The summed E-state index contributed by atoms with van der Waals surface area (Å²) >= 11 is 3.30. The molecular weight excluding hydrogens is 368 g/mol. The Morgan fingerprint density at radius 1 is 0.958 bits per heavy atom. The Morgan fingerprint density at radius 2 is 1.67 bits per heavy atom. The van der Waals surface area contributed by atoms with Crippen LogP contribution in [0.25, 0.3) is 11.1 Å². The number of anilines is 1. The Kier molecular flexibility index (Phi) is 4.91. The molecule has 5 heteroatoms. The quantitative estimate of drug-likeness (QED) is 0.743. The smallest absolute Gasteiger partial charge is 0.251 e. The summed E-state index contributed by atoms with van der Waals surface area (Å²) < 4.78 is 2.12. The summed E-state index contributed by atoms with van der Waals surface area (Å²) in [6.45, 7) is -0.0403. The lowest BCUT2D eigenvalue weighted by atomic mass is 10.0. The molecule has 0 aliphatic carbocycles. The summed E-state index contributed by atoms with van der Waals surface area (Å²) in [5, 5.41) is 2.89. The molecule has 120 valence electrons. The molecule has 0 saturated heterocycles. The van der Waals surface area contributed by atoms with Gasteiger partial charge in [-0.25, -0.2) is 0 Å². The second kappa shape index (κ2) is 7.27. The molecule has 0 bridgehead atoms. The van der Waals surface area contributed by atoms with Gasteiger partial charge in [0.2, 0.25) is 5.91 Å². The normalized spacial score (nSPS) is 10.4. The molecule has 1 amide bonds. The van der Waals surface area contributed by atoms with Crippen molar-refractivity contribution in [2.24, 2.45) is 0 Å². The number of nitrogens with zero attached hydrogens (tertiary/aromatic N) is 1. The lowest BCUT2D eigenvalue weighted by molar-refractivity contribution is -0.116. The van der Waals surface area contributed by atoms with Crippen LogP contribution in [-0.4, -0.2) is 10.5 Å². The van der Waals surface area contributed by atoms with Crippen molar-refractivity contribution >= 4 is 27.5 Å². The minimum atomic E-state index is -0.251. The second-order valence-corrected chi connectivity index (χ2v) is 6.19. The van der Waals surface area contributed by atoms with E-state index in [1.807, 2.05) is 54.6 Å². The van der Waals surface area contributed by atoms with Gasteiger partial charge in [0.15, 0.2) is 0 Å². The summed E-state index contributed by atoms with van der Waals surface area (Å²) in [7, 11) is 0. The molecule has 0 aliphatic heterocycles. The Labute approximate surface area is 147 Å². The van der Waals surface area contributed by atoms with Crippen molar-refractivity contribution in [1.82, 2.24) is 4.57 Å². The highest BCUT2D eigenvalue weighted by Gasteiger charge is 2.09. The van der Waals surface area contributed by atoms with E-state index in [2.05, 4.69) is 21.2 Å². The van der Waals surface area contributed by atoms with Crippen LogP contribution in [0.4, 0.5) is 5.69 Å². The van der Waals surface area contributed by atoms with Crippen molar-refractivity contribution in [2.75, 3.05) is 5.32 Å². The molecule has 0 aliphatic rings. The zero-order valence-corrected chi connectivity index (χ0v) is 14.4. The Bertz CT molecular complexity index is 920. The van der Waals surface area contributed by atoms with Gasteiger partial charge in [0, 0.05) is 28.0 Å². The van der Waals surface area contributed by atoms with Crippen LogP contribution in [0.2, 0.25) is 0 Å². The number of halogens is 1. The van der Waals surface area contributed by atoms with Crippen LogP contribution in [0.3, 0.4) is 0 Å². The lowest BCUT2D eigenvalue weighted by Crippen LogP contribution is -2.26. The fourth-order valence-corrected chi connectivity index (χ4v) is 2.81. The van der Waals surface area contributed by atoms with E-state index in [1.54, 1.807) is 12.3 Å². The molecule has 24 heavy (non-hydrogen) atoms. The molecule has 1 aromatic heterocycles. The summed E-state index contributed by atoms with van der Waals surface area (Å²) in [5.41, 5.74) is 2.46. The van der Waals surface area contributed by atoms with E-state index in [1.165, 1.54) is 10.6 Å². The minimum absolute atomic E-state index is 0.0403. The topological polar surface area (TPSA) is 51.1 Å². The highest BCUT2D eigenvalue weighted by Crippen LogP contribution is 2.27. The Balaban J connectivity index is 1.83. The van der Waals surface area contributed by atoms with Gasteiger partial charge in [0.05, 0.1) is 0 Å². The van der Waals surface area contributed by atoms with Crippen LogP contribution < -0.4 is 10.9 Å². The fraction of sp³-hybridized carbons (Fsp3) is 0.0526. The third-order valence-corrected chi connectivity index (χ3v) is 4.02. The molecular formula is C19H15BrN2O2. The molecule has 2 aromatic carbocycles. The summed E-state index contributed by atoms with van der Waals surface area (Å²) in [6, 6.07) is 20.5. The summed E-state index contributed by atoms with van der Waals surface area (Å²) in [4.78, 5) is 24.2. The number of aromatic nitrogens is 1. The minimum Gasteiger partial charge on any atom is -0.324 e. The molecule has 4 nitrogen and oxygen atoms in total. The number of carbonyl (C=O) groups excluding carboxylic acids is 1. The van der Waals surface area contributed by atoms with Crippen molar-refractivity contribution in [1.29, 1.82) is 0 Å². The number of pyridine rings is 1. The zero-order valence-electron chi connectivity index (χ0n) is 12.8. The molecule has 1 heterocycles. The SMILES string of the molecule is O=C(Cn1cc(Br)ccc1=O)Nc1ccccc1-c1ccccc1. The van der Waals surface area contributed by atoms with Gasteiger partial charge >= 0.3 is 0 Å². The van der Waals surface area contributed by atoms with E-state index in [-0.39, 0.29) is 18.0 Å². The van der Waals surface area contributed by atoms with Gasteiger partial charge in [-0.2, -0.15) is 0 Å². The van der Waals surface area contributed by atoms with Gasteiger partial charge < -0.3 is 9.88 Å². The van der Waals surface area contributed by atoms with Gasteiger partial charge in [0.1, 0.15) is 6.54 Å². The second-order valence-electron chi connectivity index (χ2n) is 5.27. The van der Waals surface area contributed by atoms with Gasteiger partial charge in [0.25, 0.3) is 5.56 Å². The van der Waals surface area contributed by atoms with Crippen molar-refractivity contribution in [3.8, 4) is 11.1 Å². The molecule has 0 atom stereocenters. The van der Waals surface area contributed by atoms with Crippen LogP contribution >= 0.6 is 15.9 Å². The van der Waals surface area contributed by atoms with Crippen LogP contribution in [0.1, 0.15) is 0 Å². The van der Waals surface area contributed by atoms with Gasteiger partial charge in [-0.15, -0.1) is 0 Å². The molecule has 1 N–H and O–H groups in total. The number of nitrogens with one attached hydrogen (secondary N) is 1. The standard InChI is InChI=1S/C19H15BrN2O2/c20-15-10-11-19(24)22(12-15)13-18(23)21-17-9-5-4-8-16(17)14-6-2-1-3-7-14/h1-12H,13H2,(H,21,23). The van der Waals surface area contributed by atoms with E-state index in [9.17, 15) is 9.59 Å². The lowest BCUT2D eigenvalue weighted by Gasteiger charge is -2.12. The van der Waals surface area contributed by atoms with E-state index in [4.69, 9.17) is 0 Å². The van der Waals surface area contributed by atoms with Crippen LogP contribution in [0.5, 0.6) is 0 Å². The summed E-state index contributed by atoms with van der Waals surface area (Å²) in [5.74, 6) is -0.251. The number of amides is 1. The Hall–Kier alpha value is -2.66. The maximum atomic E-state index is 12.3. The van der Waals surface area contributed by atoms with Gasteiger partial charge in [-0.1, -0.05) is 48.5 Å². The summed E-state index contributed by atoms with van der Waals surface area (Å²) in [6.07, 6.45) is 1.60. The molecule has 0 radical (unpaired) electrons. The molecule has 0 fully saturated rings. The zero-order chi connectivity index (χ0) is 16.9. The number of hydrogen-bond acceptors (Lipinski definition) is 2. The first kappa shape index (κ1) is 16.2. The van der Waals surface area contributed by atoms with Crippen molar-refractivity contribution in [3.05, 3.63) is 87.8 Å². The molecule has 0 saturated carbocycles. The van der Waals surface area contributed by atoms with Crippen molar-refractivity contribution in [3.63, 3.8) is 0 Å². The fourth-order valence-electron chi connectivity index (χ4n) is 2.43. The number of rotatable bonds is 4.